The van der Waals surface area contributed by atoms with E-state index in [0.717, 1.165) is 11.8 Å². The summed E-state index contributed by atoms with van der Waals surface area (Å²) in [6.07, 6.45) is -7.89. The lowest BCUT2D eigenvalue weighted by Gasteiger charge is -2.41. The smallest absolute Gasteiger partial charge is 0.465 e. The number of H-pyrrole nitrogens is 1. The van der Waals surface area contributed by atoms with Crippen LogP contribution in [0.4, 0.5) is 18.0 Å². The lowest BCUT2D eigenvalue weighted by molar-refractivity contribution is -0.346. The molecule has 11 nitrogen and oxygen atoms in total. The molecule has 6 N–H and O–H groups in total. The minimum Gasteiger partial charge on any atom is -0.465 e. The van der Waals surface area contributed by atoms with Crippen molar-refractivity contribution in [3.8, 4) is 0 Å². The fraction of sp³-hybridized carbons (Fsp3) is 0.471. The summed E-state index contributed by atoms with van der Waals surface area (Å²) in [6, 6.07) is 8.49. The third kappa shape index (κ3) is 8.64. The van der Waals surface area contributed by atoms with Gasteiger partial charge >= 0.3 is 12.5 Å². The zero-order valence-electron chi connectivity index (χ0n) is 27.9. The second kappa shape index (κ2) is 15.5. The quantitative estimate of drug-likeness (QED) is 0.145. The van der Waals surface area contributed by atoms with E-state index >= 15 is 0 Å². The van der Waals surface area contributed by atoms with Crippen LogP contribution >= 0.6 is 23.2 Å². The summed E-state index contributed by atoms with van der Waals surface area (Å²) in [5.74, 6) is -4.39. The van der Waals surface area contributed by atoms with E-state index in [2.05, 4.69) is 20.4 Å². The van der Waals surface area contributed by atoms with Crippen LogP contribution in [0, 0.1) is 11.8 Å². The van der Waals surface area contributed by atoms with E-state index in [0.29, 0.717) is 44.2 Å². The van der Waals surface area contributed by atoms with Gasteiger partial charge in [0.1, 0.15) is 17.6 Å². The van der Waals surface area contributed by atoms with Gasteiger partial charge in [0, 0.05) is 35.0 Å². The van der Waals surface area contributed by atoms with Crippen molar-refractivity contribution < 1.29 is 42.2 Å². The number of benzene rings is 2. The van der Waals surface area contributed by atoms with Crippen LogP contribution < -0.4 is 16.4 Å². The van der Waals surface area contributed by atoms with Gasteiger partial charge in [0.2, 0.25) is 17.7 Å². The van der Waals surface area contributed by atoms with Gasteiger partial charge < -0.3 is 26.5 Å². The highest BCUT2D eigenvalue weighted by Gasteiger charge is 2.49. The lowest BCUT2D eigenvalue weighted by atomic mass is 9.78. The number of amides is 4. The Kier molecular flexibility index (Phi) is 12.0. The van der Waals surface area contributed by atoms with E-state index in [1.54, 1.807) is 56.3 Å². The summed E-state index contributed by atoms with van der Waals surface area (Å²) in [5.41, 5.74) is 6.15. The Morgan fingerprint density at radius 3 is 2.36 bits per heavy atom. The number of alkyl halides is 3. The summed E-state index contributed by atoms with van der Waals surface area (Å²) in [5, 5.41) is 17.0. The molecule has 0 saturated heterocycles. The van der Waals surface area contributed by atoms with E-state index in [1.807, 2.05) is 0 Å². The number of primary amides is 1. The molecule has 50 heavy (non-hydrogen) atoms. The molecular formula is C34H40Cl2F3N5O6. The Balaban J connectivity index is 1.84. The third-order valence-electron chi connectivity index (χ3n) is 9.51. The normalized spacial score (nSPS) is 19.1. The molecule has 272 valence electrons. The van der Waals surface area contributed by atoms with Crippen LogP contribution in [0.5, 0.6) is 0 Å². The van der Waals surface area contributed by atoms with E-state index < -0.39 is 65.7 Å². The monoisotopic (exact) mass is 741 g/mol. The second-order valence-electron chi connectivity index (χ2n) is 12.8. The maximum atomic E-state index is 14.5. The molecule has 6 atom stereocenters. The Morgan fingerprint density at radius 1 is 1.12 bits per heavy atom. The van der Waals surface area contributed by atoms with Gasteiger partial charge in [-0.15, -0.1) is 13.2 Å². The van der Waals surface area contributed by atoms with Crippen molar-refractivity contribution in [3.63, 3.8) is 0 Å². The molecule has 0 radical (unpaired) electrons. The average molecular weight is 743 g/mol. The number of hydrogen-bond donors (Lipinski definition) is 5. The molecule has 1 aliphatic carbocycles. The maximum absolute atomic E-state index is 14.5. The van der Waals surface area contributed by atoms with E-state index in [1.165, 1.54) is 6.92 Å². The highest BCUT2D eigenvalue weighted by molar-refractivity contribution is 6.38. The lowest BCUT2D eigenvalue weighted by Crippen LogP contribution is -2.67. The maximum Gasteiger partial charge on any atom is 0.522 e. The fourth-order valence-corrected chi connectivity index (χ4v) is 6.99. The van der Waals surface area contributed by atoms with Crippen molar-refractivity contribution in [2.24, 2.45) is 17.6 Å². The predicted molar refractivity (Wildman–Crippen MR) is 181 cm³/mol. The molecule has 16 heteroatoms. The number of halogens is 5. The molecule has 0 saturated carbocycles. The number of nitrogens with zero attached hydrogens (tertiary/aromatic N) is 1. The topological polar surface area (TPSA) is 167 Å². The molecule has 3 aromatic rings. The van der Waals surface area contributed by atoms with Crippen LogP contribution in [-0.4, -0.2) is 68.9 Å². The minimum absolute atomic E-state index is 0.0385. The van der Waals surface area contributed by atoms with Crippen LogP contribution in [-0.2, 0) is 38.5 Å². The second-order valence-corrected chi connectivity index (χ2v) is 13.7. The molecule has 0 spiro atoms. The molecular weight excluding hydrogens is 702 g/mol. The first-order valence-corrected chi connectivity index (χ1v) is 16.8. The molecule has 1 aromatic heterocycles. The number of rotatable bonds is 13. The number of carbonyl (C=O) groups is 4. The number of fused-ring (bicyclic) bond motifs is 3. The number of carbonyl (C=O) groups excluding carboxylic acids is 3. The highest BCUT2D eigenvalue weighted by Crippen LogP contribution is 2.39. The summed E-state index contributed by atoms with van der Waals surface area (Å²) in [4.78, 5) is 58.1. The molecule has 4 amide bonds. The van der Waals surface area contributed by atoms with Gasteiger partial charge in [0.15, 0.2) is 0 Å². The first-order valence-electron chi connectivity index (χ1n) is 16.1. The van der Waals surface area contributed by atoms with E-state index in [9.17, 15) is 37.5 Å². The Bertz CT molecular complexity index is 1740. The minimum atomic E-state index is -5.08. The SMILES string of the molecule is CC[C@H](C)[C@H](NC(=O)[C@@]1(NC(=O)C(C(C)C(C)OC(F)(F)F)N(Cc2ccccc2)C(=O)O)CCc2[nH]c3c(Cl)cc(Cl)cc3c2C1)C(N)=O. The number of carboxylic acid groups (broad SMARTS) is 1. The van der Waals surface area contributed by atoms with Crippen LogP contribution in [0.25, 0.3) is 10.9 Å². The number of aromatic amines is 1. The van der Waals surface area contributed by atoms with Gasteiger partial charge in [-0.3, -0.25) is 24.0 Å². The van der Waals surface area contributed by atoms with Gasteiger partial charge in [0.25, 0.3) is 0 Å². The summed E-state index contributed by atoms with van der Waals surface area (Å²) >= 11 is 12.8. The number of aromatic nitrogens is 1. The molecule has 0 fully saturated rings. The Morgan fingerprint density at radius 2 is 1.78 bits per heavy atom. The highest BCUT2D eigenvalue weighted by atomic mass is 35.5. The predicted octanol–water partition coefficient (Wildman–Crippen LogP) is 5.94. The van der Waals surface area contributed by atoms with Gasteiger partial charge in [-0.05, 0) is 48.9 Å². The van der Waals surface area contributed by atoms with Crippen molar-refractivity contribution in [2.75, 3.05) is 0 Å². The first-order chi connectivity index (χ1) is 23.4. The van der Waals surface area contributed by atoms with Gasteiger partial charge in [-0.25, -0.2) is 4.79 Å². The van der Waals surface area contributed by atoms with Crippen molar-refractivity contribution in [2.45, 2.75) is 90.0 Å². The van der Waals surface area contributed by atoms with Crippen molar-refractivity contribution in [3.05, 3.63) is 69.3 Å². The van der Waals surface area contributed by atoms with Gasteiger partial charge in [0.05, 0.1) is 16.6 Å². The third-order valence-corrected chi connectivity index (χ3v) is 10.0. The number of hydrogen-bond acceptors (Lipinski definition) is 5. The zero-order valence-corrected chi connectivity index (χ0v) is 29.4. The first kappa shape index (κ1) is 38.8. The van der Waals surface area contributed by atoms with Gasteiger partial charge in [-0.2, -0.15) is 0 Å². The largest absolute Gasteiger partial charge is 0.522 e. The number of ether oxygens (including phenoxy) is 1. The zero-order chi connectivity index (χ0) is 37.1. The van der Waals surface area contributed by atoms with Crippen molar-refractivity contribution in [1.29, 1.82) is 0 Å². The van der Waals surface area contributed by atoms with Crippen LogP contribution in [0.1, 0.15) is 57.4 Å². The van der Waals surface area contributed by atoms with Crippen LogP contribution in [0.2, 0.25) is 10.0 Å². The van der Waals surface area contributed by atoms with E-state index in [4.69, 9.17) is 28.9 Å². The molecule has 1 heterocycles. The molecule has 0 aliphatic heterocycles. The molecule has 1 aliphatic rings. The van der Waals surface area contributed by atoms with Crippen LogP contribution in [0.15, 0.2) is 42.5 Å². The molecule has 0 bridgehead atoms. The fourth-order valence-electron chi connectivity index (χ4n) is 6.45. The van der Waals surface area contributed by atoms with Crippen LogP contribution in [0.3, 0.4) is 0 Å². The van der Waals surface area contributed by atoms with Gasteiger partial charge in [-0.1, -0.05) is 80.7 Å². The molecule has 2 aromatic carbocycles. The summed E-state index contributed by atoms with van der Waals surface area (Å²) in [7, 11) is 0. The Labute approximate surface area is 297 Å². The molecule has 4 rings (SSSR count). The summed E-state index contributed by atoms with van der Waals surface area (Å²) in [6.45, 7) is 5.51. The Hall–Kier alpha value is -4.01. The average Bonchev–Trinajstić information content (AvgIpc) is 3.39. The van der Waals surface area contributed by atoms with Crippen molar-refractivity contribution in [1.82, 2.24) is 20.5 Å². The number of nitrogens with one attached hydrogen (secondary N) is 3. The molecule has 3 unspecified atom stereocenters. The van der Waals surface area contributed by atoms with Crippen molar-refractivity contribution >= 4 is 57.9 Å². The van der Waals surface area contributed by atoms with E-state index in [-0.39, 0.29) is 25.8 Å². The number of nitrogens with two attached hydrogens (primary N) is 1. The number of aryl methyl sites for hydroxylation is 1. The summed E-state index contributed by atoms with van der Waals surface area (Å²) < 4.78 is 44.4. The standard InChI is InChI=1S/C34H40Cl2F3N5O6/c1-5-17(2)26(29(40)45)42-31(47)33(12-11-25-23(15-33)22-13-21(35)14-24(36)27(22)41-25)43-30(46)28(18(3)19(4)50-34(37,38)39)44(32(48)49)16-20-9-7-6-8-10-20/h6-10,13-14,17-19,26,28,41H,5,11-12,15-16H2,1-4H3,(H2,40,45)(H,42,47)(H,43,46)(H,48,49)/t17-,18?,19?,26-,28?,33+/m0/s1.